The van der Waals surface area contributed by atoms with Crippen LogP contribution in [0.3, 0.4) is 0 Å². The van der Waals surface area contributed by atoms with E-state index in [-0.39, 0.29) is 0 Å². The first kappa shape index (κ1) is 18.5. The highest BCUT2D eigenvalue weighted by atomic mass is 16.5. The number of benzene rings is 2. The van der Waals surface area contributed by atoms with Crippen LogP contribution in [-0.4, -0.2) is 30.5 Å². The molecular formula is C20H23NO4. The van der Waals surface area contributed by atoms with Crippen LogP contribution in [0.4, 0.5) is 5.69 Å². The first-order chi connectivity index (χ1) is 11.9. The number of ether oxygens (including phenoxy) is 2. The average Bonchev–Trinajstić information content (AvgIpc) is 2.60. The molecule has 0 amide bonds. The van der Waals surface area contributed by atoms with Crippen LogP contribution in [0.5, 0.6) is 11.5 Å². The summed E-state index contributed by atoms with van der Waals surface area (Å²) in [5.41, 5.74) is 2.71. The molecule has 1 N–H and O–H groups in total. The van der Waals surface area contributed by atoms with Gasteiger partial charge in [0.15, 0.2) is 17.6 Å². The summed E-state index contributed by atoms with van der Waals surface area (Å²) in [6.07, 6.45) is 0.658. The second kappa shape index (κ2) is 8.33. The second-order valence-electron chi connectivity index (χ2n) is 5.98. The van der Waals surface area contributed by atoms with Crippen LogP contribution in [0, 0.1) is 0 Å². The average molecular weight is 341 g/mol. The van der Waals surface area contributed by atoms with Crippen LogP contribution >= 0.6 is 0 Å². The molecule has 5 nitrogen and oxygen atoms in total. The van der Waals surface area contributed by atoms with Gasteiger partial charge in [-0.15, -0.1) is 0 Å². The Balaban J connectivity index is 2.30. The molecule has 0 heterocycles. The molecule has 1 atom stereocenters. The third kappa shape index (κ3) is 4.83. The SMILES string of the molecule is COc1cccc(C=Nc2ccc(C(C)C)cc2)c1O[C@@H](C)C(=O)O. The standard InChI is InChI=1S/C20H23NO4/c1-13(2)15-8-10-17(11-9-15)21-12-16-6-5-7-18(24-4)19(16)25-14(3)20(22)23/h5-14H,1-4H3,(H,22,23)/t14-/m0/s1. The fraction of sp³-hybridized carbons (Fsp3) is 0.300. The summed E-state index contributed by atoms with van der Waals surface area (Å²) < 4.78 is 10.8. The Kier molecular flexibility index (Phi) is 6.17. The van der Waals surface area contributed by atoms with Crippen molar-refractivity contribution in [3.8, 4) is 11.5 Å². The number of carbonyl (C=O) groups is 1. The predicted octanol–water partition coefficient (Wildman–Crippen LogP) is 4.42. The second-order valence-corrected chi connectivity index (χ2v) is 5.98. The van der Waals surface area contributed by atoms with Crippen LogP contribution in [0.1, 0.15) is 37.8 Å². The molecule has 0 unspecified atom stereocenters. The van der Waals surface area contributed by atoms with E-state index in [0.29, 0.717) is 23.0 Å². The van der Waals surface area contributed by atoms with Gasteiger partial charge >= 0.3 is 5.97 Å². The zero-order valence-electron chi connectivity index (χ0n) is 14.9. The van der Waals surface area contributed by atoms with E-state index in [1.165, 1.54) is 19.6 Å². The lowest BCUT2D eigenvalue weighted by Gasteiger charge is -2.15. The number of nitrogens with zero attached hydrogens (tertiary/aromatic N) is 1. The molecule has 25 heavy (non-hydrogen) atoms. The normalized spacial score (nSPS) is 12.4. The lowest BCUT2D eigenvalue weighted by atomic mass is 10.0. The molecule has 5 heteroatoms. The molecule has 2 aromatic carbocycles. The van der Waals surface area contributed by atoms with Crippen molar-refractivity contribution < 1.29 is 19.4 Å². The maximum atomic E-state index is 11.1. The molecule has 2 rings (SSSR count). The molecule has 132 valence electrons. The Morgan fingerprint density at radius 2 is 1.80 bits per heavy atom. The van der Waals surface area contributed by atoms with Gasteiger partial charge in [0, 0.05) is 11.8 Å². The molecule has 0 fully saturated rings. The monoisotopic (exact) mass is 341 g/mol. The third-order valence-corrected chi connectivity index (χ3v) is 3.78. The van der Waals surface area contributed by atoms with E-state index < -0.39 is 12.1 Å². The zero-order chi connectivity index (χ0) is 18.4. The topological polar surface area (TPSA) is 68.1 Å². The molecule has 0 saturated carbocycles. The van der Waals surface area contributed by atoms with E-state index in [2.05, 4.69) is 18.8 Å². The number of para-hydroxylation sites is 1. The van der Waals surface area contributed by atoms with Gasteiger partial charge in [0.1, 0.15) is 0 Å². The van der Waals surface area contributed by atoms with E-state index in [9.17, 15) is 4.79 Å². The number of aliphatic carboxylic acids is 1. The smallest absolute Gasteiger partial charge is 0.344 e. The summed E-state index contributed by atoms with van der Waals surface area (Å²) in [5.74, 6) is 0.252. The molecule has 0 aliphatic rings. The minimum atomic E-state index is -1.04. The van der Waals surface area contributed by atoms with Crippen molar-refractivity contribution in [1.82, 2.24) is 0 Å². The van der Waals surface area contributed by atoms with Crippen molar-refractivity contribution in [3.05, 3.63) is 53.6 Å². The van der Waals surface area contributed by atoms with Gasteiger partial charge < -0.3 is 14.6 Å². The molecule has 0 aliphatic heterocycles. The largest absolute Gasteiger partial charge is 0.493 e. The number of aliphatic imine (C=N–C) groups is 1. The van der Waals surface area contributed by atoms with Crippen molar-refractivity contribution in [2.75, 3.05) is 7.11 Å². The predicted molar refractivity (Wildman–Crippen MR) is 98.5 cm³/mol. The van der Waals surface area contributed by atoms with Crippen LogP contribution < -0.4 is 9.47 Å². The molecule has 2 aromatic rings. The molecular weight excluding hydrogens is 318 g/mol. The number of methoxy groups -OCH3 is 1. The molecule has 0 aromatic heterocycles. The van der Waals surface area contributed by atoms with Crippen molar-refractivity contribution in [1.29, 1.82) is 0 Å². The van der Waals surface area contributed by atoms with Crippen molar-refractivity contribution in [3.63, 3.8) is 0 Å². The van der Waals surface area contributed by atoms with Gasteiger partial charge in [-0.3, -0.25) is 4.99 Å². The Morgan fingerprint density at radius 1 is 1.12 bits per heavy atom. The summed E-state index contributed by atoms with van der Waals surface area (Å²) in [5, 5.41) is 9.08. The van der Waals surface area contributed by atoms with E-state index in [4.69, 9.17) is 14.6 Å². The molecule has 0 saturated heterocycles. The fourth-order valence-corrected chi connectivity index (χ4v) is 2.24. The highest BCUT2D eigenvalue weighted by Gasteiger charge is 2.17. The Labute approximate surface area is 147 Å². The number of rotatable bonds is 7. The Bertz CT molecular complexity index is 751. The van der Waals surface area contributed by atoms with E-state index in [1.54, 1.807) is 24.4 Å². The van der Waals surface area contributed by atoms with Crippen LogP contribution in [0.2, 0.25) is 0 Å². The van der Waals surface area contributed by atoms with Crippen LogP contribution in [-0.2, 0) is 4.79 Å². The van der Waals surface area contributed by atoms with Gasteiger partial charge in [-0.05, 0) is 42.7 Å². The Morgan fingerprint density at radius 3 is 2.36 bits per heavy atom. The maximum Gasteiger partial charge on any atom is 0.344 e. The number of hydrogen-bond donors (Lipinski definition) is 1. The van der Waals surface area contributed by atoms with Gasteiger partial charge in [0.2, 0.25) is 0 Å². The summed E-state index contributed by atoms with van der Waals surface area (Å²) >= 11 is 0. The summed E-state index contributed by atoms with van der Waals surface area (Å²) in [6.45, 7) is 5.75. The minimum absolute atomic E-state index is 0.363. The van der Waals surface area contributed by atoms with E-state index in [1.807, 2.05) is 24.3 Å². The van der Waals surface area contributed by atoms with Crippen molar-refractivity contribution >= 4 is 17.9 Å². The highest BCUT2D eigenvalue weighted by Crippen LogP contribution is 2.31. The quantitative estimate of drug-likeness (QED) is 0.757. The van der Waals surface area contributed by atoms with Crippen LogP contribution in [0.25, 0.3) is 0 Å². The number of carboxylic acids is 1. The third-order valence-electron chi connectivity index (χ3n) is 3.78. The number of hydrogen-bond acceptors (Lipinski definition) is 4. The van der Waals surface area contributed by atoms with Gasteiger partial charge in [-0.25, -0.2) is 4.79 Å². The lowest BCUT2D eigenvalue weighted by molar-refractivity contribution is -0.144. The zero-order valence-corrected chi connectivity index (χ0v) is 14.9. The van der Waals surface area contributed by atoms with Crippen molar-refractivity contribution in [2.24, 2.45) is 4.99 Å². The first-order valence-electron chi connectivity index (χ1n) is 8.13. The van der Waals surface area contributed by atoms with Gasteiger partial charge in [-0.2, -0.15) is 0 Å². The molecule has 0 spiro atoms. The van der Waals surface area contributed by atoms with E-state index >= 15 is 0 Å². The fourth-order valence-electron chi connectivity index (χ4n) is 2.24. The summed E-state index contributed by atoms with van der Waals surface area (Å²) in [6, 6.07) is 13.3. The highest BCUT2D eigenvalue weighted by molar-refractivity contribution is 5.87. The van der Waals surface area contributed by atoms with E-state index in [0.717, 1.165) is 5.69 Å². The van der Waals surface area contributed by atoms with Gasteiger partial charge in [0.25, 0.3) is 0 Å². The Hall–Kier alpha value is -2.82. The molecule has 0 aliphatic carbocycles. The van der Waals surface area contributed by atoms with Gasteiger partial charge in [-0.1, -0.05) is 32.0 Å². The minimum Gasteiger partial charge on any atom is -0.493 e. The molecule has 0 bridgehead atoms. The first-order valence-corrected chi connectivity index (χ1v) is 8.13. The van der Waals surface area contributed by atoms with Crippen LogP contribution in [0.15, 0.2) is 47.5 Å². The van der Waals surface area contributed by atoms with Gasteiger partial charge in [0.05, 0.1) is 12.8 Å². The summed E-state index contributed by atoms with van der Waals surface area (Å²) in [7, 11) is 1.51. The van der Waals surface area contributed by atoms with Crippen molar-refractivity contribution in [2.45, 2.75) is 32.8 Å². The lowest BCUT2D eigenvalue weighted by Crippen LogP contribution is -2.23. The number of carboxylic acid groups (broad SMARTS) is 1. The maximum absolute atomic E-state index is 11.1. The molecule has 0 radical (unpaired) electrons. The summed E-state index contributed by atoms with van der Waals surface area (Å²) in [4.78, 5) is 15.5.